The predicted molar refractivity (Wildman–Crippen MR) is 219 cm³/mol. The summed E-state index contributed by atoms with van der Waals surface area (Å²) in [6.07, 6.45) is 26.4. The second kappa shape index (κ2) is 30.9. The van der Waals surface area contributed by atoms with E-state index in [-0.39, 0.29) is 11.8 Å². The van der Waals surface area contributed by atoms with Crippen molar-refractivity contribution in [3.05, 3.63) is 35.9 Å². The van der Waals surface area contributed by atoms with Gasteiger partial charge in [-0.2, -0.15) is 0 Å². The molecule has 272 valence electrons. The smallest absolute Gasteiger partial charge is 0.242 e. The lowest BCUT2D eigenvalue weighted by atomic mass is 10.0. The molecule has 0 aliphatic heterocycles. The first-order valence-electron chi connectivity index (χ1n) is 19.0. The van der Waals surface area contributed by atoms with E-state index in [2.05, 4.69) is 88.2 Å². The van der Waals surface area contributed by atoms with Crippen LogP contribution in [0.25, 0.3) is 0 Å². The highest BCUT2D eigenvalue weighted by atomic mass is 79.9. The summed E-state index contributed by atoms with van der Waals surface area (Å²) in [5.74, 6) is -0.0892. The van der Waals surface area contributed by atoms with Gasteiger partial charge in [0, 0.05) is 38.7 Å². The molecule has 0 saturated heterocycles. The van der Waals surface area contributed by atoms with Gasteiger partial charge < -0.3 is 10.6 Å². The number of benzene rings is 1. The van der Waals surface area contributed by atoms with E-state index in [1.165, 1.54) is 89.9 Å². The second-order valence-corrected chi connectivity index (χ2v) is 18.1. The number of carbonyl (C=O) groups excluding carboxylic acids is 2. The van der Waals surface area contributed by atoms with Crippen LogP contribution in [-0.2, 0) is 16.0 Å². The van der Waals surface area contributed by atoms with E-state index in [4.69, 9.17) is 0 Å². The van der Waals surface area contributed by atoms with Crippen molar-refractivity contribution in [2.45, 2.75) is 187 Å². The highest BCUT2D eigenvalue weighted by Gasteiger charge is 2.24. The number of alkyl halides is 4. The van der Waals surface area contributed by atoms with Gasteiger partial charge in [0.1, 0.15) is 6.04 Å². The Balaban J connectivity index is 2.28. The first kappa shape index (κ1) is 45.1. The molecule has 1 rings (SSSR count). The van der Waals surface area contributed by atoms with Crippen LogP contribution in [0.2, 0.25) is 0 Å². The third-order valence-electron chi connectivity index (χ3n) is 8.97. The first-order chi connectivity index (χ1) is 22.8. The van der Waals surface area contributed by atoms with E-state index in [9.17, 15) is 9.59 Å². The maximum Gasteiger partial charge on any atom is 0.242 e. The van der Waals surface area contributed by atoms with Gasteiger partial charge in [0.15, 0.2) is 0 Å². The second-order valence-electron chi connectivity index (χ2n) is 13.4. The molecule has 0 aromatic heterocycles. The Morgan fingerprint density at radius 2 is 1.06 bits per heavy atom. The Kier molecular flexibility index (Phi) is 29.6. The number of rotatable bonds is 31. The lowest BCUT2D eigenvalue weighted by molar-refractivity contribution is -0.129. The monoisotopic (exact) mass is 910 g/mol. The van der Waals surface area contributed by atoms with Gasteiger partial charge in [-0.25, -0.2) is 0 Å². The molecular weight excluding hydrogens is 848 g/mol. The van der Waals surface area contributed by atoms with Crippen LogP contribution in [-0.4, -0.2) is 43.7 Å². The van der Waals surface area contributed by atoms with Gasteiger partial charge in [-0.3, -0.25) is 9.59 Å². The summed E-state index contributed by atoms with van der Waals surface area (Å²) in [5.41, 5.74) is 1.06. The maximum atomic E-state index is 13.1. The summed E-state index contributed by atoms with van der Waals surface area (Å²) in [5, 5.41) is 6.15. The Hall–Kier alpha value is 0.0800. The Labute approximate surface area is 322 Å². The molecule has 0 radical (unpaired) electrons. The quantitative estimate of drug-likeness (QED) is 0.0576. The van der Waals surface area contributed by atoms with Crippen LogP contribution >= 0.6 is 63.7 Å². The van der Waals surface area contributed by atoms with Crippen molar-refractivity contribution in [3.8, 4) is 0 Å². The van der Waals surface area contributed by atoms with E-state index < -0.39 is 6.04 Å². The number of hydrogen-bond donors (Lipinski definition) is 2. The highest BCUT2D eigenvalue weighted by molar-refractivity contribution is 9.13. The molecule has 4 nitrogen and oxygen atoms in total. The Bertz CT molecular complexity index is 891. The standard InChI is InChI=1S/C39H66Br4N2O2/c1-3-5-7-8-9-10-11-12-16-23-29-44-39(47)37(30-32-24-19-17-20-25-32)45-38(46)28-22-15-13-14-21-27-34(41)36(43)31-35(42)33(40)26-18-6-4-2/h17,19-20,24-25,33-37H,3-16,18,21-23,26-31H2,1-2H3,(H,44,47)(H,45,46)/t33?,34?,35?,36?,37-/m0/s1. The van der Waals surface area contributed by atoms with Crippen molar-refractivity contribution >= 4 is 75.5 Å². The highest BCUT2D eigenvalue weighted by Crippen LogP contribution is 2.31. The van der Waals surface area contributed by atoms with Gasteiger partial charge in [0.25, 0.3) is 0 Å². The summed E-state index contributed by atoms with van der Waals surface area (Å²) in [6, 6.07) is 9.46. The average molecular weight is 915 g/mol. The molecule has 0 aliphatic carbocycles. The van der Waals surface area contributed by atoms with Crippen molar-refractivity contribution < 1.29 is 9.59 Å². The van der Waals surface area contributed by atoms with Crippen molar-refractivity contribution in [1.82, 2.24) is 10.6 Å². The fourth-order valence-electron chi connectivity index (χ4n) is 5.89. The minimum atomic E-state index is -0.531. The zero-order valence-electron chi connectivity index (χ0n) is 29.6. The molecule has 0 fully saturated rings. The number of carbonyl (C=O) groups is 2. The minimum absolute atomic E-state index is 0.0215. The van der Waals surface area contributed by atoms with Gasteiger partial charge in [0.2, 0.25) is 11.8 Å². The predicted octanol–water partition coefficient (Wildman–Crippen LogP) is 12.5. The average Bonchev–Trinajstić information content (AvgIpc) is 3.06. The van der Waals surface area contributed by atoms with Gasteiger partial charge in [-0.05, 0) is 37.7 Å². The fraction of sp³-hybridized carbons (Fsp3) is 0.795. The zero-order valence-corrected chi connectivity index (χ0v) is 35.9. The van der Waals surface area contributed by atoms with Gasteiger partial charge in [-0.15, -0.1) is 0 Å². The fourth-order valence-corrected chi connectivity index (χ4v) is 8.80. The van der Waals surface area contributed by atoms with E-state index in [1.54, 1.807) is 0 Å². The summed E-state index contributed by atoms with van der Waals surface area (Å²) in [6.45, 7) is 5.19. The summed E-state index contributed by atoms with van der Waals surface area (Å²) >= 11 is 15.6. The van der Waals surface area contributed by atoms with Crippen LogP contribution < -0.4 is 10.6 Å². The number of halogens is 4. The molecule has 0 bridgehead atoms. The lowest BCUT2D eigenvalue weighted by Crippen LogP contribution is -2.48. The third kappa shape index (κ3) is 24.8. The number of amides is 2. The molecule has 0 aliphatic rings. The van der Waals surface area contributed by atoms with Crippen molar-refractivity contribution in [1.29, 1.82) is 0 Å². The third-order valence-corrected chi connectivity index (χ3v) is 14.6. The van der Waals surface area contributed by atoms with Gasteiger partial charge in [0.05, 0.1) is 0 Å². The van der Waals surface area contributed by atoms with E-state index in [1.807, 2.05) is 30.3 Å². The van der Waals surface area contributed by atoms with Crippen molar-refractivity contribution in [3.63, 3.8) is 0 Å². The largest absolute Gasteiger partial charge is 0.354 e. The maximum absolute atomic E-state index is 13.1. The molecule has 0 spiro atoms. The van der Waals surface area contributed by atoms with Crippen LogP contribution in [0.4, 0.5) is 0 Å². The normalized spacial score (nSPS) is 14.7. The molecule has 2 amide bonds. The first-order valence-corrected chi connectivity index (χ1v) is 22.6. The Morgan fingerprint density at radius 1 is 0.596 bits per heavy atom. The minimum Gasteiger partial charge on any atom is -0.354 e. The Morgan fingerprint density at radius 3 is 1.64 bits per heavy atom. The molecule has 5 atom stereocenters. The summed E-state index contributed by atoms with van der Waals surface area (Å²) < 4.78 is 0. The SMILES string of the molecule is CCCCCCCCCCCCNC(=O)[C@H](Cc1ccccc1)NC(=O)CCCCCCCC(Br)C(Br)CC(Br)C(Br)CCCCC. The van der Waals surface area contributed by atoms with Crippen LogP contribution in [0.5, 0.6) is 0 Å². The van der Waals surface area contributed by atoms with Crippen LogP contribution in [0.3, 0.4) is 0 Å². The molecule has 4 unspecified atom stereocenters. The molecule has 1 aromatic rings. The number of unbranched alkanes of at least 4 members (excludes halogenated alkanes) is 15. The van der Waals surface area contributed by atoms with Crippen molar-refractivity contribution in [2.24, 2.45) is 0 Å². The zero-order chi connectivity index (χ0) is 34.5. The van der Waals surface area contributed by atoms with Crippen LogP contribution in [0.1, 0.15) is 161 Å². The lowest BCUT2D eigenvalue weighted by Gasteiger charge is -2.23. The van der Waals surface area contributed by atoms with Crippen LogP contribution in [0, 0.1) is 0 Å². The topological polar surface area (TPSA) is 58.2 Å². The van der Waals surface area contributed by atoms with E-state index in [0.717, 1.165) is 50.5 Å². The molecule has 0 heterocycles. The molecule has 1 aromatic carbocycles. The molecular formula is C39H66Br4N2O2. The number of hydrogen-bond acceptors (Lipinski definition) is 2. The van der Waals surface area contributed by atoms with E-state index in [0.29, 0.717) is 38.7 Å². The molecule has 0 saturated carbocycles. The molecule has 2 N–H and O–H groups in total. The van der Waals surface area contributed by atoms with Crippen molar-refractivity contribution in [2.75, 3.05) is 6.54 Å². The van der Waals surface area contributed by atoms with Gasteiger partial charge in [-0.1, -0.05) is 211 Å². The molecule has 47 heavy (non-hydrogen) atoms. The summed E-state index contributed by atoms with van der Waals surface area (Å²) in [7, 11) is 0. The van der Waals surface area contributed by atoms with E-state index >= 15 is 0 Å². The number of nitrogens with one attached hydrogen (secondary N) is 2. The van der Waals surface area contributed by atoms with Crippen LogP contribution in [0.15, 0.2) is 30.3 Å². The van der Waals surface area contributed by atoms with Gasteiger partial charge >= 0.3 is 0 Å². The molecule has 8 heteroatoms. The summed E-state index contributed by atoms with van der Waals surface area (Å²) in [4.78, 5) is 27.9.